The first-order valence-corrected chi connectivity index (χ1v) is 13.0. The van der Waals surface area contributed by atoms with E-state index in [9.17, 15) is 0 Å². The number of nitrogens with zero attached hydrogens (tertiary/aromatic N) is 6. The van der Waals surface area contributed by atoms with E-state index in [-0.39, 0.29) is 38.6 Å². The van der Waals surface area contributed by atoms with E-state index in [4.69, 9.17) is 29.9 Å². The van der Waals surface area contributed by atoms with Crippen LogP contribution in [0.4, 0.5) is 0 Å². The predicted molar refractivity (Wildman–Crippen MR) is 156 cm³/mol. The third-order valence-electron chi connectivity index (χ3n) is 7.46. The molecular weight excluding hydrogens is 655 g/mol. The molecule has 0 atom stereocenters. The van der Waals surface area contributed by atoms with Crippen LogP contribution in [-0.4, -0.2) is 39.9 Å². The molecule has 5 heterocycles. The second-order valence-electron chi connectivity index (χ2n) is 9.79. The zero-order valence-corrected chi connectivity index (χ0v) is 23.4. The van der Waals surface area contributed by atoms with Crippen molar-refractivity contribution in [1.29, 1.82) is 0 Å². The van der Waals surface area contributed by atoms with Gasteiger partial charge < -0.3 is 9.97 Å². The second-order valence-corrected chi connectivity index (χ2v) is 9.79. The van der Waals surface area contributed by atoms with Crippen LogP contribution >= 0.6 is 0 Å². The average molecular weight is 673 g/mol. The minimum atomic E-state index is 0. The molecular formula is C32H18N8Tb. The molecule has 0 spiro atoms. The summed E-state index contributed by atoms with van der Waals surface area (Å²) in [7, 11) is 0. The van der Waals surface area contributed by atoms with E-state index < -0.39 is 0 Å². The smallest absolute Gasteiger partial charge is 0.164 e. The molecule has 0 unspecified atom stereocenters. The number of H-pyrrole nitrogens is 2. The summed E-state index contributed by atoms with van der Waals surface area (Å²) in [6.45, 7) is 0. The van der Waals surface area contributed by atoms with E-state index in [1.54, 1.807) is 0 Å². The molecule has 2 aliphatic rings. The normalized spacial score (nSPS) is 11.7. The average Bonchev–Trinajstić information content (AvgIpc) is 3.73. The largest absolute Gasteiger partial charge is 0.324 e. The first-order valence-electron chi connectivity index (χ1n) is 13.0. The monoisotopic (exact) mass is 673 g/mol. The molecule has 0 saturated heterocycles. The number of aromatic amines is 2. The van der Waals surface area contributed by atoms with Gasteiger partial charge in [0.25, 0.3) is 0 Å². The topological polar surface area (TPSA) is 109 Å². The van der Waals surface area contributed by atoms with Gasteiger partial charge in [0.15, 0.2) is 23.3 Å². The van der Waals surface area contributed by atoms with Crippen LogP contribution in [-0.2, 0) is 0 Å². The third kappa shape index (κ3) is 3.73. The minimum Gasteiger partial charge on any atom is -0.324 e. The van der Waals surface area contributed by atoms with Crippen molar-refractivity contribution in [3.63, 3.8) is 0 Å². The number of aromatic nitrogens is 8. The zero-order valence-electron chi connectivity index (χ0n) is 21.3. The van der Waals surface area contributed by atoms with Crippen molar-refractivity contribution in [1.82, 2.24) is 39.9 Å². The van der Waals surface area contributed by atoms with Gasteiger partial charge >= 0.3 is 0 Å². The molecule has 9 rings (SSSR count). The van der Waals surface area contributed by atoms with Crippen molar-refractivity contribution in [3.8, 4) is 45.6 Å². The Hall–Kier alpha value is -4.47. The maximum Gasteiger partial charge on any atom is 0.164 e. The molecule has 0 amide bonds. The van der Waals surface area contributed by atoms with Crippen LogP contribution in [0.1, 0.15) is 0 Å². The van der Waals surface area contributed by atoms with Gasteiger partial charge in [0.05, 0.1) is 0 Å². The fourth-order valence-electron chi connectivity index (χ4n) is 5.59. The SMILES string of the molecule is [Tb].c1ccc2c(c1)-c1nc-2nc2[nH]c(nc3nc(nc4[nH]c(n1)c1ccccc41)-c1ccccc1-3)c1ccccc21. The Morgan fingerprint density at radius 1 is 0.317 bits per heavy atom. The summed E-state index contributed by atoms with van der Waals surface area (Å²) >= 11 is 0. The molecule has 41 heavy (non-hydrogen) atoms. The molecule has 7 aromatic rings. The summed E-state index contributed by atoms with van der Waals surface area (Å²) in [5, 5.41) is 3.82. The Labute approximate surface area is 263 Å². The van der Waals surface area contributed by atoms with Gasteiger partial charge in [0.1, 0.15) is 22.6 Å². The summed E-state index contributed by atoms with van der Waals surface area (Å²) in [6.07, 6.45) is 0. The van der Waals surface area contributed by atoms with Crippen LogP contribution in [0.2, 0.25) is 0 Å². The van der Waals surface area contributed by atoms with Crippen LogP contribution in [0.5, 0.6) is 0 Å². The van der Waals surface area contributed by atoms with Gasteiger partial charge in [-0.25, -0.2) is 29.9 Å². The number of benzene rings is 4. The summed E-state index contributed by atoms with van der Waals surface area (Å²) in [4.78, 5) is 36.8. The van der Waals surface area contributed by atoms with E-state index >= 15 is 0 Å². The van der Waals surface area contributed by atoms with E-state index in [2.05, 4.69) is 9.97 Å². The van der Waals surface area contributed by atoms with E-state index in [1.165, 1.54) is 0 Å². The second kappa shape index (κ2) is 9.29. The number of rotatable bonds is 0. The van der Waals surface area contributed by atoms with Crippen LogP contribution in [0, 0.1) is 38.6 Å². The Bertz CT molecular complexity index is 2030. The maximum absolute atomic E-state index is 5.02. The molecule has 4 aromatic carbocycles. The Kier molecular flexibility index (Phi) is 5.51. The zero-order chi connectivity index (χ0) is 26.2. The molecule has 3 aromatic heterocycles. The molecule has 0 saturated carbocycles. The van der Waals surface area contributed by atoms with Gasteiger partial charge in [0, 0.05) is 82.4 Å². The Morgan fingerprint density at radius 3 is 0.829 bits per heavy atom. The molecule has 1 radical (unpaired) electrons. The summed E-state index contributed by atoms with van der Waals surface area (Å²) in [6, 6.07) is 32.2. The number of nitrogens with one attached hydrogen (secondary N) is 2. The van der Waals surface area contributed by atoms with Crippen LogP contribution < -0.4 is 0 Å². The summed E-state index contributed by atoms with van der Waals surface area (Å²) in [5.74, 6) is 2.39. The van der Waals surface area contributed by atoms with Crippen molar-refractivity contribution < 1.29 is 38.6 Å². The first kappa shape index (κ1) is 24.3. The van der Waals surface area contributed by atoms with Gasteiger partial charge in [-0.3, -0.25) is 0 Å². The molecule has 2 N–H and O–H groups in total. The Balaban J connectivity index is 0.00000256. The van der Waals surface area contributed by atoms with Gasteiger partial charge in [-0.1, -0.05) is 97.1 Å². The molecule has 2 aliphatic heterocycles. The van der Waals surface area contributed by atoms with Gasteiger partial charge in [-0.15, -0.1) is 0 Å². The van der Waals surface area contributed by atoms with Crippen LogP contribution in [0.3, 0.4) is 0 Å². The molecule has 9 heteroatoms. The minimum absolute atomic E-state index is 0. The number of hydrogen-bond acceptors (Lipinski definition) is 6. The summed E-state index contributed by atoms with van der Waals surface area (Å²) in [5.41, 5.74) is 6.45. The van der Waals surface area contributed by atoms with Gasteiger partial charge in [0.2, 0.25) is 0 Å². The molecule has 0 aliphatic carbocycles. The molecule has 8 nitrogen and oxygen atoms in total. The molecule has 8 bridgehead atoms. The number of hydrogen-bond donors (Lipinski definition) is 2. The first-order chi connectivity index (χ1) is 19.8. The Morgan fingerprint density at radius 2 is 0.561 bits per heavy atom. The van der Waals surface area contributed by atoms with E-state index in [1.807, 2.05) is 97.1 Å². The van der Waals surface area contributed by atoms with Crippen LogP contribution in [0.15, 0.2) is 97.1 Å². The van der Waals surface area contributed by atoms with Crippen molar-refractivity contribution in [2.45, 2.75) is 0 Å². The summed E-state index contributed by atoms with van der Waals surface area (Å²) < 4.78 is 0. The predicted octanol–water partition coefficient (Wildman–Crippen LogP) is 6.87. The van der Waals surface area contributed by atoms with Crippen molar-refractivity contribution >= 4 is 44.1 Å². The van der Waals surface area contributed by atoms with E-state index in [0.717, 1.165) is 43.8 Å². The standard InChI is InChI=1S/C32H18N8.Tb/c1-2-10-18-17(9-1)25-33-26(18)38-28-21-13-5-6-14-22(21)30(35-28)40-32-24-16-8-7-15-23(24)31(36-32)39-29-20-12-4-3-11-19(20)27(34-29)37-25;/h1-16H,(H2,33,34,35,36,37,38,39,40);. The van der Waals surface area contributed by atoms with Crippen molar-refractivity contribution in [2.24, 2.45) is 0 Å². The van der Waals surface area contributed by atoms with Crippen LogP contribution in [0.25, 0.3) is 89.7 Å². The maximum atomic E-state index is 5.02. The van der Waals surface area contributed by atoms with E-state index in [0.29, 0.717) is 45.9 Å². The molecule has 195 valence electrons. The van der Waals surface area contributed by atoms with Gasteiger partial charge in [-0.2, -0.15) is 0 Å². The number of fused-ring (bicyclic) bond motifs is 20. The third-order valence-corrected chi connectivity index (χ3v) is 7.46. The quantitative estimate of drug-likeness (QED) is 0.182. The van der Waals surface area contributed by atoms with Crippen molar-refractivity contribution in [2.75, 3.05) is 0 Å². The van der Waals surface area contributed by atoms with Gasteiger partial charge in [-0.05, 0) is 0 Å². The fraction of sp³-hybridized carbons (Fsp3) is 0. The fourth-order valence-corrected chi connectivity index (χ4v) is 5.59. The van der Waals surface area contributed by atoms with Crippen molar-refractivity contribution in [3.05, 3.63) is 97.1 Å². The molecule has 0 fully saturated rings.